The Labute approximate surface area is 54.5 Å². The summed E-state index contributed by atoms with van der Waals surface area (Å²) < 4.78 is 0. The van der Waals surface area contributed by atoms with Gasteiger partial charge in [0.1, 0.15) is 0 Å². The molecule has 0 unspecified atom stereocenters. The van der Waals surface area contributed by atoms with Crippen molar-refractivity contribution in [2.45, 2.75) is 6.42 Å². The Morgan fingerprint density at radius 1 is 1.67 bits per heavy atom. The Balaban J connectivity index is 3.81. The minimum Gasteiger partial charge on any atom is -0.481 e. The maximum Gasteiger partial charge on any atom is 0.310 e. The number of allylic oxidation sites excluding steroid dienone is 1. The number of rotatable bonds is 4. The summed E-state index contributed by atoms with van der Waals surface area (Å²) in [4.78, 5) is 10.2. The van der Waals surface area contributed by atoms with Crippen molar-refractivity contribution in [1.29, 1.82) is 0 Å². The molecule has 0 aromatic carbocycles. The van der Waals surface area contributed by atoms with Gasteiger partial charge in [0, 0.05) is 0 Å². The molecule has 50 valence electrons. The van der Waals surface area contributed by atoms with Gasteiger partial charge in [0.25, 0.3) is 0 Å². The van der Waals surface area contributed by atoms with E-state index >= 15 is 0 Å². The fourth-order valence-corrected chi connectivity index (χ4v) is 0.477. The van der Waals surface area contributed by atoms with Crippen LogP contribution >= 0.6 is 0 Å². The molecule has 0 bridgehead atoms. The molecule has 0 saturated carbocycles. The van der Waals surface area contributed by atoms with E-state index in [2.05, 4.69) is 13.2 Å². The lowest BCUT2D eigenvalue weighted by Gasteiger charge is -1.99. The normalized spacial score (nSPS) is 12.0. The summed E-state index contributed by atoms with van der Waals surface area (Å²) in [5, 5.41) is 8.39. The first kappa shape index (κ1) is 7.95. The molecule has 0 aliphatic rings. The first-order chi connectivity index (χ1) is 4.22. The maximum atomic E-state index is 10.2. The molecule has 0 aliphatic carbocycles. The minimum atomic E-state index is -0.843. The molecule has 1 atom stereocenters. The first-order valence-electron chi connectivity index (χ1n) is 2.68. The van der Waals surface area contributed by atoms with Crippen LogP contribution in [-0.4, -0.2) is 11.1 Å². The van der Waals surface area contributed by atoms with Gasteiger partial charge in [0.05, 0.1) is 5.92 Å². The molecule has 0 heterocycles. The van der Waals surface area contributed by atoms with Crippen molar-refractivity contribution in [1.82, 2.24) is 0 Å². The zero-order valence-electron chi connectivity index (χ0n) is 5.21. The molecule has 0 saturated heterocycles. The molecule has 1 N–H and O–H groups in total. The van der Waals surface area contributed by atoms with Crippen LogP contribution in [0.5, 0.6) is 0 Å². The molecule has 0 amide bonds. The van der Waals surface area contributed by atoms with Crippen LogP contribution in [0.4, 0.5) is 0 Å². The second-order valence-corrected chi connectivity index (χ2v) is 1.70. The molecule has 0 spiro atoms. The SMILES string of the molecule is C=CC[C@@H](C=C)C(=O)O. The Kier molecular flexibility index (Phi) is 3.44. The highest BCUT2D eigenvalue weighted by atomic mass is 16.4. The van der Waals surface area contributed by atoms with E-state index in [1.807, 2.05) is 0 Å². The Morgan fingerprint density at radius 2 is 2.22 bits per heavy atom. The van der Waals surface area contributed by atoms with E-state index in [1.54, 1.807) is 6.08 Å². The second-order valence-electron chi connectivity index (χ2n) is 1.70. The summed E-state index contributed by atoms with van der Waals surface area (Å²) in [5.74, 6) is -1.31. The summed E-state index contributed by atoms with van der Waals surface area (Å²) >= 11 is 0. The number of carboxylic acid groups (broad SMARTS) is 1. The van der Waals surface area contributed by atoms with Gasteiger partial charge in [-0.2, -0.15) is 0 Å². The summed E-state index contributed by atoms with van der Waals surface area (Å²) in [6.07, 6.45) is 3.43. The Morgan fingerprint density at radius 3 is 2.33 bits per heavy atom. The molecule has 0 rings (SSSR count). The van der Waals surface area contributed by atoms with Gasteiger partial charge in [-0.15, -0.1) is 13.2 Å². The highest BCUT2D eigenvalue weighted by molar-refractivity contribution is 5.72. The lowest BCUT2D eigenvalue weighted by Crippen LogP contribution is -2.08. The average molecular weight is 126 g/mol. The summed E-state index contributed by atoms with van der Waals surface area (Å²) in [6.45, 7) is 6.79. The standard InChI is InChI=1S/C7H10O2/c1-3-5-6(4-2)7(8)9/h3-4,6H,1-2,5H2,(H,8,9)/t6-/m1/s1. The van der Waals surface area contributed by atoms with Crippen LogP contribution < -0.4 is 0 Å². The highest BCUT2D eigenvalue weighted by Gasteiger charge is 2.09. The fraction of sp³-hybridized carbons (Fsp3) is 0.286. The van der Waals surface area contributed by atoms with E-state index in [0.29, 0.717) is 6.42 Å². The Bertz CT molecular complexity index is 127. The van der Waals surface area contributed by atoms with Crippen molar-refractivity contribution >= 4 is 5.97 Å². The van der Waals surface area contributed by atoms with Gasteiger partial charge in [-0.1, -0.05) is 12.2 Å². The van der Waals surface area contributed by atoms with Gasteiger partial charge in [0.2, 0.25) is 0 Å². The van der Waals surface area contributed by atoms with Crippen molar-refractivity contribution in [3.63, 3.8) is 0 Å². The van der Waals surface area contributed by atoms with Crippen LogP contribution in [0.2, 0.25) is 0 Å². The third-order valence-electron chi connectivity index (χ3n) is 1.02. The van der Waals surface area contributed by atoms with E-state index in [9.17, 15) is 4.79 Å². The van der Waals surface area contributed by atoms with Gasteiger partial charge in [-0.05, 0) is 6.42 Å². The van der Waals surface area contributed by atoms with E-state index in [0.717, 1.165) is 0 Å². The number of hydrogen-bond donors (Lipinski definition) is 1. The number of carbonyl (C=O) groups is 1. The van der Waals surface area contributed by atoms with Gasteiger partial charge in [-0.3, -0.25) is 4.79 Å². The average Bonchev–Trinajstić information content (AvgIpc) is 1.82. The van der Waals surface area contributed by atoms with Crippen molar-refractivity contribution in [3.8, 4) is 0 Å². The molecule has 2 nitrogen and oxygen atoms in total. The van der Waals surface area contributed by atoms with E-state index in [1.165, 1.54) is 6.08 Å². The van der Waals surface area contributed by atoms with Crippen molar-refractivity contribution in [3.05, 3.63) is 25.3 Å². The third-order valence-corrected chi connectivity index (χ3v) is 1.02. The van der Waals surface area contributed by atoms with Crippen LogP contribution in [0, 0.1) is 5.92 Å². The van der Waals surface area contributed by atoms with Crippen molar-refractivity contribution in [2.75, 3.05) is 0 Å². The Hall–Kier alpha value is -1.05. The summed E-state index contributed by atoms with van der Waals surface area (Å²) in [7, 11) is 0. The molecular weight excluding hydrogens is 116 g/mol. The first-order valence-corrected chi connectivity index (χ1v) is 2.68. The summed E-state index contributed by atoms with van der Waals surface area (Å²) in [6, 6.07) is 0. The number of hydrogen-bond acceptors (Lipinski definition) is 1. The van der Waals surface area contributed by atoms with Crippen LogP contribution in [0.15, 0.2) is 25.3 Å². The van der Waals surface area contributed by atoms with Crippen molar-refractivity contribution in [2.24, 2.45) is 5.92 Å². The predicted octanol–water partition coefficient (Wildman–Crippen LogP) is 1.45. The quantitative estimate of drug-likeness (QED) is 0.579. The predicted molar refractivity (Wildman–Crippen MR) is 36.1 cm³/mol. The largest absolute Gasteiger partial charge is 0.481 e. The highest BCUT2D eigenvalue weighted by Crippen LogP contribution is 2.03. The smallest absolute Gasteiger partial charge is 0.310 e. The second kappa shape index (κ2) is 3.89. The van der Waals surface area contributed by atoms with Gasteiger partial charge < -0.3 is 5.11 Å². The van der Waals surface area contributed by atoms with E-state index in [4.69, 9.17) is 5.11 Å². The summed E-state index contributed by atoms with van der Waals surface area (Å²) in [5.41, 5.74) is 0. The lowest BCUT2D eigenvalue weighted by atomic mass is 10.1. The topological polar surface area (TPSA) is 37.3 Å². The zero-order valence-corrected chi connectivity index (χ0v) is 5.21. The van der Waals surface area contributed by atoms with Gasteiger partial charge in [-0.25, -0.2) is 0 Å². The molecule has 9 heavy (non-hydrogen) atoms. The third kappa shape index (κ3) is 2.69. The lowest BCUT2D eigenvalue weighted by molar-refractivity contribution is -0.139. The number of carboxylic acids is 1. The monoisotopic (exact) mass is 126 g/mol. The zero-order chi connectivity index (χ0) is 7.28. The molecule has 0 aromatic heterocycles. The maximum absolute atomic E-state index is 10.2. The molecule has 0 aromatic rings. The molecule has 0 fully saturated rings. The van der Waals surface area contributed by atoms with Crippen LogP contribution in [0.25, 0.3) is 0 Å². The van der Waals surface area contributed by atoms with Crippen LogP contribution in [0.3, 0.4) is 0 Å². The van der Waals surface area contributed by atoms with Gasteiger partial charge >= 0.3 is 5.97 Å². The van der Waals surface area contributed by atoms with E-state index in [-0.39, 0.29) is 0 Å². The van der Waals surface area contributed by atoms with Crippen LogP contribution in [-0.2, 0) is 4.79 Å². The number of aliphatic carboxylic acids is 1. The molecule has 0 radical (unpaired) electrons. The molecule has 2 heteroatoms. The minimum absolute atomic E-state index is 0.457. The fourth-order valence-electron chi connectivity index (χ4n) is 0.477. The molecular formula is C7H10O2. The molecule has 0 aliphatic heterocycles. The van der Waals surface area contributed by atoms with Crippen molar-refractivity contribution < 1.29 is 9.90 Å². The van der Waals surface area contributed by atoms with E-state index < -0.39 is 11.9 Å². The van der Waals surface area contributed by atoms with Gasteiger partial charge in [0.15, 0.2) is 0 Å². The van der Waals surface area contributed by atoms with Crippen LogP contribution in [0.1, 0.15) is 6.42 Å².